The van der Waals surface area contributed by atoms with Crippen LogP contribution >= 0.6 is 0 Å². The van der Waals surface area contributed by atoms with Crippen molar-refractivity contribution >= 4 is 63.3 Å². The highest BCUT2D eigenvalue weighted by Crippen LogP contribution is 2.50. The monoisotopic (exact) mass is 1300 g/mol. The summed E-state index contributed by atoms with van der Waals surface area (Å²) < 4.78 is 61.6. The fourth-order valence-electron chi connectivity index (χ4n) is 14.4. The van der Waals surface area contributed by atoms with Crippen LogP contribution in [0.3, 0.4) is 0 Å². The Morgan fingerprint density at radius 3 is 1.21 bits per heavy atom. The molecule has 2 aliphatic rings. The fraction of sp³-hybridized carbons (Fsp3) is 0. The van der Waals surface area contributed by atoms with Gasteiger partial charge in [-0.25, -0.2) is 36.8 Å². The highest BCUT2D eigenvalue weighted by molar-refractivity contribution is 7.92. The molecule has 0 N–H and O–H groups in total. The van der Waals surface area contributed by atoms with E-state index < -0.39 is 19.7 Å². The Labute approximate surface area is 562 Å². The van der Waals surface area contributed by atoms with Crippen molar-refractivity contribution in [2.75, 3.05) is 0 Å². The van der Waals surface area contributed by atoms with E-state index >= 15 is 8.42 Å². The predicted molar refractivity (Wildman–Crippen MR) is 387 cm³/mol. The average Bonchev–Trinajstić information content (AvgIpc) is 1.60. The number of rotatable bonds is 10. The first-order valence-corrected chi connectivity index (χ1v) is 35.0. The second-order valence-electron chi connectivity index (χ2n) is 24.6. The van der Waals surface area contributed by atoms with Crippen molar-refractivity contribution in [3.63, 3.8) is 0 Å². The molecule has 462 valence electrons. The molecule has 13 aromatic carbocycles. The average molecular weight is 1300 g/mol. The maximum Gasteiger partial charge on any atom is 0.238 e. The Morgan fingerprint density at radius 1 is 0.224 bits per heavy atom. The van der Waals surface area contributed by atoms with E-state index in [1.165, 1.54) is 0 Å². The summed E-state index contributed by atoms with van der Waals surface area (Å²) >= 11 is 0. The number of fused-ring (bicyclic) bond motifs is 12. The van der Waals surface area contributed by atoms with Crippen LogP contribution in [-0.2, 0) is 19.7 Å². The molecule has 0 fully saturated rings. The Bertz CT molecular complexity index is 6420. The maximum atomic E-state index is 15.1. The molecule has 98 heavy (non-hydrogen) atoms. The van der Waals surface area contributed by atoms with Crippen molar-refractivity contribution in [2.24, 2.45) is 0 Å². The van der Waals surface area contributed by atoms with Crippen LogP contribution in [0, 0.1) is 0 Å². The van der Waals surface area contributed by atoms with E-state index in [0.29, 0.717) is 78.2 Å². The van der Waals surface area contributed by atoms with Gasteiger partial charge in [0, 0.05) is 82.9 Å². The van der Waals surface area contributed by atoms with Gasteiger partial charge in [-0.05, 0) is 113 Å². The van der Waals surface area contributed by atoms with Crippen molar-refractivity contribution in [1.29, 1.82) is 0 Å². The van der Waals surface area contributed by atoms with Gasteiger partial charge in [-0.15, -0.1) is 0 Å². The molecule has 0 bridgehead atoms. The Hall–Kier alpha value is -12.6. The third-order valence-corrected chi connectivity index (χ3v) is 22.7. The van der Waals surface area contributed by atoms with Gasteiger partial charge in [-0.3, -0.25) is 4.57 Å². The van der Waals surface area contributed by atoms with E-state index in [1.54, 1.807) is 24.3 Å². The first-order valence-electron chi connectivity index (χ1n) is 32.1. The van der Waals surface area contributed by atoms with Gasteiger partial charge in [0.05, 0.1) is 41.6 Å². The summed E-state index contributed by atoms with van der Waals surface area (Å²) in [6.07, 6.45) is 0. The lowest BCUT2D eigenvalue weighted by Crippen LogP contribution is -2.06. The molecule has 6 heterocycles. The molecule has 17 aromatic rings. The molecular formula is C84H50N8O4S2. The van der Waals surface area contributed by atoms with Crippen molar-refractivity contribution in [3.8, 4) is 124 Å². The number of nitrogens with zero attached hydrogens (tertiary/aromatic N) is 8. The lowest BCUT2D eigenvalue weighted by Gasteiger charge is -2.13. The summed E-state index contributed by atoms with van der Waals surface area (Å²) in [6.45, 7) is 0. The highest BCUT2D eigenvalue weighted by Gasteiger charge is 2.37. The van der Waals surface area contributed by atoms with Crippen LogP contribution in [0.4, 0.5) is 0 Å². The molecule has 12 nitrogen and oxygen atoms in total. The molecular weight excluding hydrogens is 1250 g/mol. The van der Waals surface area contributed by atoms with Gasteiger partial charge in [0.1, 0.15) is 0 Å². The zero-order chi connectivity index (χ0) is 65.4. The molecule has 14 heteroatoms. The van der Waals surface area contributed by atoms with Crippen LogP contribution in [-0.4, -0.2) is 55.9 Å². The van der Waals surface area contributed by atoms with Gasteiger partial charge in [-0.2, -0.15) is 9.97 Å². The summed E-state index contributed by atoms with van der Waals surface area (Å²) in [6, 6.07) is 99.2. The van der Waals surface area contributed by atoms with Crippen molar-refractivity contribution in [1.82, 2.24) is 39.0 Å². The summed E-state index contributed by atoms with van der Waals surface area (Å²) in [4.78, 5) is 31.9. The first-order chi connectivity index (χ1) is 48.1. The number of para-hydroxylation sites is 2. The van der Waals surface area contributed by atoms with E-state index in [1.807, 2.05) is 206 Å². The van der Waals surface area contributed by atoms with Crippen LogP contribution in [0.25, 0.3) is 168 Å². The highest BCUT2D eigenvalue weighted by atomic mass is 32.2. The van der Waals surface area contributed by atoms with Gasteiger partial charge < -0.3 is 4.57 Å². The minimum Gasteiger partial charge on any atom is -0.309 e. The van der Waals surface area contributed by atoms with Crippen LogP contribution in [0.1, 0.15) is 0 Å². The molecule has 19 rings (SSSR count). The molecule has 2 aliphatic heterocycles. The normalized spacial score (nSPS) is 13.2. The Morgan fingerprint density at radius 2 is 0.612 bits per heavy atom. The summed E-state index contributed by atoms with van der Waals surface area (Å²) in [5, 5.41) is 4.11. The zero-order valence-electron chi connectivity index (χ0n) is 51.9. The van der Waals surface area contributed by atoms with E-state index in [0.717, 1.165) is 99.4 Å². The molecule has 0 amide bonds. The second kappa shape index (κ2) is 22.0. The lowest BCUT2D eigenvalue weighted by molar-refractivity contribution is 0.597. The molecule has 0 radical (unpaired) electrons. The largest absolute Gasteiger partial charge is 0.309 e. The molecule has 0 aliphatic carbocycles. The molecule has 0 unspecified atom stereocenters. The summed E-state index contributed by atoms with van der Waals surface area (Å²) in [5.41, 5.74) is 16.4. The van der Waals surface area contributed by atoms with E-state index in [-0.39, 0.29) is 9.79 Å². The first kappa shape index (κ1) is 56.9. The van der Waals surface area contributed by atoms with Crippen molar-refractivity contribution in [2.45, 2.75) is 19.6 Å². The van der Waals surface area contributed by atoms with Crippen LogP contribution in [0.2, 0.25) is 0 Å². The third-order valence-electron chi connectivity index (χ3n) is 18.9. The SMILES string of the molecule is O=S1(=O)c2ccccc2-c2cc(-c3ccc4c(c3)c3ccccc3n4-c3cccc(-c4nc(-c5ccccc5)nc(-c5cccc(-c6cccc7c6S(=O)(=O)c6ccc(-c8ccc9c(c8)c8ccccc8n9-c8nc(-c9ccccc9)nc(-c9ccccc9)n8)cc6-7)c5)n4)c3)ccc21. The van der Waals surface area contributed by atoms with Crippen LogP contribution < -0.4 is 0 Å². The topological polar surface area (TPSA) is 155 Å². The molecule has 0 saturated heterocycles. The third kappa shape index (κ3) is 9.03. The fourth-order valence-corrected chi connectivity index (χ4v) is 17.9. The smallest absolute Gasteiger partial charge is 0.238 e. The van der Waals surface area contributed by atoms with Gasteiger partial charge >= 0.3 is 0 Å². The lowest BCUT2D eigenvalue weighted by atomic mass is 9.95. The molecule has 0 spiro atoms. The summed E-state index contributed by atoms with van der Waals surface area (Å²) in [7, 11) is -7.61. The quantitative estimate of drug-likeness (QED) is 0.129. The van der Waals surface area contributed by atoms with Gasteiger partial charge in [0.15, 0.2) is 29.1 Å². The van der Waals surface area contributed by atoms with Crippen molar-refractivity contribution in [3.05, 3.63) is 303 Å². The van der Waals surface area contributed by atoms with Crippen LogP contribution in [0.5, 0.6) is 0 Å². The molecule has 0 saturated carbocycles. The Kier molecular flexibility index (Phi) is 12.8. The number of hydrogen-bond donors (Lipinski definition) is 0. The minimum absolute atomic E-state index is 0.247. The zero-order valence-corrected chi connectivity index (χ0v) is 53.5. The number of sulfone groups is 2. The predicted octanol–water partition coefficient (Wildman–Crippen LogP) is 19.2. The van der Waals surface area contributed by atoms with Crippen molar-refractivity contribution < 1.29 is 16.8 Å². The summed E-state index contributed by atoms with van der Waals surface area (Å²) in [5.74, 6) is 2.98. The van der Waals surface area contributed by atoms with E-state index in [9.17, 15) is 8.42 Å². The molecule has 4 aromatic heterocycles. The molecule has 0 atom stereocenters. The maximum absolute atomic E-state index is 15.1. The number of benzene rings is 13. The van der Waals surface area contributed by atoms with Gasteiger partial charge in [0.2, 0.25) is 25.6 Å². The van der Waals surface area contributed by atoms with Crippen LogP contribution in [0.15, 0.2) is 323 Å². The van der Waals surface area contributed by atoms with Gasteiger partial charge in [-0.1, -0.05) is 218 Å². The minimum atomic E-state index is -4.01. The van der Waals surface area contributed by atoms with Gasteiger partial charge in [0.25, 0.3) is 0 Å². The Balaban J connectivity index is 0.675. The standard InChI is InChI=1S/C84H50N8O4S2/c93-97(94)75-36-15-12-31-65(75)69-49-56(39-43-76(69)97)54-37-41-73-67(47-54)63-29-10-13-34-71(63)91(73)61-28-17-27-60(46-61)83-86-79(51-19-4-1-5-20-51)85-82(88-83)59-26-16-25-58(45-59)62-32-18-33-66-70-50-57(40-44-77(70)98(95,96)78(62)66)55-38-42-74-68(48-55)64-30-11-14-35-72(64)92(74)84-89-80(52-21-6-2-7-22-52)87-81(90-84)53-23-8-3-9-24-53/h1-50H. The van der Waals surface area contributed by atoms with E-state index in [2.05, 4.69) is 81.9 Å². The number of hydrogen-bond acceptors (Lipinski definition) is 10. The van der Waals surface area contributed by atoms with E-state index in [4.69, 9.17) is 29.9 Å². The second-order valence-corrected chi connectivity index (χ2v) is 28.3. The number of aromatic nitrogens is 8.